The molecule has 0 saturated carbocycles. The smallest absolute Gasteiger partial charge is 0.191 e. The zero-order chi connectivity index (χ0) is 21.3. The van der Waals surface area contributed by atoms with E-state index in [0.717, 1.165) is 49.2 Å². The van der Waals surface area contributed by atoms with E-state index in [1.165, 1.54) is 5.56 Å². The summed E-state index contributed by atoms with van der Waals surface area (Å²) in [5.74, 6) is 3.99. The van der Waals surface area contributed by atoms with Crippen LogP contribution in [0.4, 0.5) is 0 Å². The Morgan fingerprint density at radius 3 is 2.77 bits per heavy atom. The Kier molecular flexibility index (Phi) is 7.93. The number of nitrogens with one attached hydrogen (secondary N) is 2. The summed E-state index contributed by atoms with van der Waals surface area (Å²) in [4.78, 5) is 4.80. The van der Waals surface area contributed by atoms with Crippen molar-refractivity contribution in [3.8, 4) is 11.5 Å². The Morgan fingerprint density at radius 1 is 1.20 bits per heavy atom. The number of benzene rings is 1. The van der Waals surface area contributed by atoms with Gasteiger partial charge in [-0.1, -0.05) is 26.8 Å². The molecule has 30 heavy (non-hydrogen) atoms. The fourth-order valence-electron chi connectivity index (χ4n) is 3.11. The van der Waals surface area contributed by atoms with E-state index >= 15 is 0 Å². The Balaban J connectivity index is 1.57. The van der Waals surface area contributed by atoms with Crippen molar-refractivity contribution in [2.24, 2.45) is 10.9 Å². The monoisotopic (exact) mass is 414 g/mol. The minimum Gasteiger partial charge on any atom is -0.486 e. The molecule has 1 aromatic carbocycles. The number of aliphatic imine (C=N–C) groups is 1. The maximum Gasteiger partial charge on any atom is 0.191 e. The maximum atomic E-state index is 5.68. The second-order valence-electron chi connectivity index (χ2n) is 7.86. The third kappa shape index (κ3) is 6.11. The lowest BCUT2D eigenvalue weighted by atomic mass is 10.1. The number of ether oxygens (including phenoxy) is 2. The second-order valence-corrected chi connectivity index (χ2v) is 7.86. The average Bonchev–Trinajstić information content (AvgIpc) is 3.21. The lowest BCUT2D eigenvalue weighted by Crippen LogP contribution is -2.45. The van der Waals surface area contributed by atoms with Crippen molar-refractivity contribution in [1.29, 1.82) is 0 Å². The van der Waals surface area contributed by atoms with E-state index < -0.39 is 0 Å². The quantitative estimate of drug-likeness (QED) is 0.484. The van der Waals surface area contributed by atoms with Crippen LogP contribution in [0.3, 0.4) is 0 Å². The van der Waals surface area contributed by atoms with Crippen LogP contribution < -0.4 is 20.1 Å². The van der Waals surface area contributed by atoms with Crippen LogP contribution in [0, 0.1) is 5.92 Å². The van der Waals surface area contributed by atoms with Gasteiger partial charge in [-0.3, -0.25) is 4.99 Å². The first-order valence-electron chi connectivity index (χ1n) is 10.9. The lowest BCUT2D eigenvalue weighted by Gasteiger charge is -2.21. The highest BCUT2D eigenvalue weighted by Crippen LogP contribution is 2.30. The van der Waals surface area contributed by atoms with E-state index in [4.69, 9.17) is 14.5 Å². The predicted molar refractivity (Wildman–Crippen MR) is 118 cm³/mol. The van der Waals surface area contributed by atoms with Gasteiger partial charge in [-0.25, -0.2) is 0 Å². The molecule has 0 spiro atoms. The van der Waals surface area contributed by atoms with Gasteiger partial charge < -0.3 is 24.7 Å². The number of fused-ring (bicyclic) bond motifs is 1. The van der Waals surface area contributed by atoms with E-state index in [1.807, 2.05) is 6.07 Å². The molecule has 0 saturated heterocycles. The zero-order valence-electron chi connectivity index (χ0n) is 18.5. The van der Waals surface area contributed by atoms with Crippen molar-refractivity contribution in [3.05, 3.63) is 35.9 Å². The second kappa shape index (κ2) is 10.8. The van der Waals surface area contributed by atoms with Gasteiger partial charge in [0.1, 0.15) is 25.4 Å². The van der Waals surface area contributed by atoms with Gasteiger partial charge in [-0.15, -0.1) is 10.2 Å². The molecular weight excluding hydrogens is 380 g/mol. The van der Waals surface area contributed by atoms with Crippen LogP contribution in [0.25, 0.3) is 0 Å². The van der Waals surface area contributed by atoms with Crippen molar-refractivity contribution in [2.75, 3.05) is 26.3 Å². The Morgan fingerprint density at radius 2 is 2.00 bits per heavy atom. The van der Waals surface area contributed by atoms with Gasteiger partial charge in [-0.2, -0.15) is 0 Å². The molecule has 2 heterocycles. The molecule has 3 rings (SSSR count). The summed E-state index contributed by atoms with van der Waals surface area (Å²) in [5.41, 5.74) is 1.19. The van der Waals surface area contributed by atoms with E-state index in [0.29, 0.717) is 31.7 Å². The van der Waals surface area contributed by atoms with Crippen molar-refractivity contribution in [3.63, 3.8) is 0 Å². The number of rotatable bonds is 9. The molecular formula is C22H34N6O2. The highest BCUT2D eigenvalue weighted by Gasteiger charge is 2.12. The van der Waals surface area contributed by atoms with E-state index in [9.17, 15) is 0 Å². The molecule has 1 atom stereocenters. The molecule has 164 valence electrons. The van der Waals surface area contributed by atoms with E-state index in [2.05, 4.69) is 65.2 Å². The van der Waals surface area contributed by atoms with Gasteiger partial charge in [-0.05, 0) is 37.0 Å². The largest absolute Gasteiger partial charge is 0.486 e. The first-order chi connectivity index (χ1) is 14.6. The molecule has 8 nitrogen and oxygen atoms in total. The van der Waals surface area contributed by atoms with Gasteiger partial charge in [0.2, 0.25) is 0 Å². The van der Waals surface area contributed by atoms with Crippen molar-refractivity contribution < 1.29 is 9.47 Å². The van der Waals surface area contributed by atoms with E-state index in [-0.39, 0.29) is 0 Å². The van der Waals surface area contributed by atoms with Crippen LogP contribution in [0.2, 0.25) is 0 Å². The van der Waals surface area contributed by atoms with Crippen LogP contribution in [0.15, 0.2) is 29.5 Å². The Hall–Kier alpha value is -2.77. The SMILES string of the molecule is CCc1nncn1CCNC(=NCCc1ccc2c(c1)OCCO2)NC(C)C(C)C. The van der Waals surface area contributed by atoms with Crippen LogP contribution in [0.5, 0.6) is 11.5 Å². The summed E-state index contributed by atoms with van der Waals surface area (Å²) < 4.78 is 13.4. The maximum absolute atomic E-state index is 5.68. The first-order valence-corrected chi connectivity index (χ1v) is 10.9. The summed E-state index contributed by atoms with van der Waals surface area (Å²) in [6.45, 7) is 12.1. The average molecular weight is 415 g/mol. The molecule has 8 heteroatoms. The first kappa shape index (κ1) is 21.9. The lowest BCUT2D eigenvalue weighted by molar-refractivity contribution is 0.171. The third-order valence-electron chi connectivity index (χ3n) is 5.30. The number of hydrogen-bond donors (Lipinski definition) is 2. The summed E-state index contributed by atoms with van der Waals surface area (Å²) in [6.07, 6.45) is 3.49. The molecule has 1 aliphatic heterocycles. The minimum absolute atomic E-state index is 0.326. The molecule has 0 amide bonds. The Bertz CT molecular complexity index is 833. The highest BCUT2D eigenvalue weighted by molar-refractivity contribution is 5.80. The summed E-state index contributed by atoms with van der Waals surface area (Å²) in [6, 6.07) is 6.45. The zero-order valence-corrected chi connectivity index (χ0v) is 18.5. The normalized spacial score (nSPS) is 14.6. The van der Waals surface area contributed by atoms with Gasteiger partial charge >= 0.3 is 0 Å². The molecule has 0 fully saturated rings. The predicted octanol–water partition coefficient (Wildman–Crippen LogP) is 2.43. The van der Waals surface area contributed by atoms with Gasteiger partial charge in [0.05, 0.1) is 0 Å². The molecule has 0 aliphatic carbocycles. The van der Waals surface area contributed by atoms with Crippen LogP contribution in [-0.2, 0) is 19.4 Å². The standard InChI is InChI=1S/C22H34N6O2/c1-5-21-27-25-15-28(21)11-10-24-22(26-17(4)16(2)3)23-9-8-18-6-7-19-20(14-18)30-13-12-29-19/h6-7,14-17H,5,8-13H2,1-4H3,(H2,23,24,26). The summed E-state index contributed by atoms with van der Waals surface area (Å²) in [7, 11) is 0. The minimum atomic E-state index is 0.326. The van der Waals surface area contributed by atoms with E-state index in [1.54, 1.807) is 6.33 Å². The Labute approximate surface area is 179 Å². The van der Waals surface area contributed by atoms with Gasteiger partial charge in [0.15, 0.2) is 17.5 Å². The number of nitrogens with zero attached hydrogens (tertiary/aromatic N) is 4. The molecule has 1 unspecified atom stereocenters. The number of guanidine groups is 1. The van der Waals surface area contributed by atoms with Gasteiger partial charge in [0.25, 0.3) is 0 Å². The van der Waals surface area contributed by atoms with Crippen molar-refractivity contribution >= 4 is 5.96 Å². The summed E-state index contributed by atoms with van der Waals surface area (Å²) >= 11 is 0. The fourth-order valence-corrected chi connectivity index (χ4v) is 3.11. The van der Waals surface area contributed by atoms with Crippen molar-refractivity contribution in [2.45, 2.75) is 53.1 Å². The molecule has 0 bridgehead atoms. The van der Waals surface area contributed by atoms with Crippen LogP contribution in [-0.4, -0.2) is 53.1 Å². The fraction of sp³-hybridized carbons (Fsp3) is 0.591. The molecule has 1 aliphatic rings. The summed E-state index contributed by atoms with van der Waals surface area (Å²) in [5, 5.41) is 15.1. The van der Waals surface area contributed by atoms with Crippen molar-refractivity contribution in [1.82, 2.24) is 25.4 Å². The molecule has 2 aromatic rings. The third-order valence-corrected chi connectivity index (χ3v) is 5.30. The number of hydrogen-bond acceptors (Lipinski definition) is 5. The number of aryl methyl sites for hydroxylation is 1. The van der Waals surface area contributed by atoms with Crippen LogP contribution >= 0.6 is 0 Å². The topological polar surface area (TPSA) is 85.6 Å². The van der Waals surface area contributed by atoms with Gasteiger partial charge in [0, 0.05) is 32.1 Å². The molecule has 0 radical (unpaired) electrons. The highest BCUT2D eigenvalue weighted by atomic mass is 16.6. The molecule has 1 aromatic heterocycles. The molecule has 2 N–H and O–H groups in total. The van der Waals surface area contributed by atoms with Crippen LogP contribution in [0.1, 0.15) is 39.1 Å². The number of aromatic nitrogens is 3.